The van der Waals surface area contributed by atoms with Crippen LogP contribution >= 0.6 is 0 Å². The second-order valence-electron chi connectivity index (χ2n) is 7.82. The lowest BCUT2D eigenvalue weighted by Gasteiger charge is -2.21. The van der Waals surface area contributed by atoms with E-state index in [1.807, 2.05) is 48.7 Å². The highest BCUT2D eigenvalue weighted by atomic mass is 16.5. The second-order valence-corrected chi connectivity index (χ2v) is 7.82. The summed E-state index contributed by atoms with van der Waals surface area (Å²) in [6, 6.07) is 12.9. The maximum atomic E-state index is 13.1. The summed E-state index contributed by atoms with van der Waals surface area (Å²) in [5.41, 5.74) is 2.85. The average molecular weight is 409 g/mol. The first-order valence-electron chi connectivity index (χ1n) is 9.98. The van der Waals surface area contributed by atoms with Crippen molar-refractivity contribution in [2.24, 2.45) is 0 Å². The predicted molar refractivity (Wildman–Crippen MR) is 115 cm³/mol. The molecule has 3 rings (SSSR count). The van der Waals surface area contributed by atoms with Gasteiger partial charge in [0, 0.05) is 18.2 Å². The molecule has 0 saturated carbocycles. The molecule has 0 aliphatic rings. The highest BCUT2D eigenvalue weighted by Crippen LogP contribution is 2.21. The van der Waals surface area contributed by atoms with Crippen molar-refractivity contribution < 1.29 is 19.4 Å². The maximum absolute atomic E-state index is 13.1. The number of aromatic nitrogens is 2. The maximum Gasteiger partial charge on any atom is 0.323 e. The molecule has 30 heavy (non-hydrogen) atoms. The van der Waals surface area contributed by atoms with E-state index in [0.29, 0.717) is 16.8 Å². The molecule has 158 valence electrons. The molecule has 1 N–H and O–H groups in total. The van der Waals surface area contributed by atoms with Crippen molar-refractivity contribution in [1.29, 1.82) is 0 Å². The van der Waals surface area contributed by atoms with Crippen molar-refractivity contribution in [3.05, 3.63) is 59.9 Å². The van der Waals surface area contributed by atoms with Crippen LogP contribution in [0.3, 0.4) is 0 Å². The van der Waals surface area contributed by atoms with Gasteiger partial charge in [-0.15, -0.1) is 0 Å². The van der Waals surface area contributed by atoms with Gasteiger partial charge in [-0.3, -0.25) is 9.59 Å². The minimum Gasteiger partial charge on any atom is -0.491 e. The zero-order valence-electron chi connectivity index (χ0n) is 17.7. The Morgan fingerprint density at radius 3 is 2.57 bits per heavy atom. The van der Waals surface area contributed by atoms with E-state index in [9.17, 15) is 14.7 Å². The number of carboxylic acids is 1. The van der Waals surface area contributed by atoms with E-state index in [-0.39, 0.29) is 24.6 Å². The summed E-state index contributed by atoms with van der Waals surface area (Å²) >= 11 is 0. The number of benzene rings is 2. The number of amides is 1. The molecule has 0 atom stereocenters. The molecule has 0 radical (unpaired) electrons. The van der Waals surface area contributed by atoms with Crippen LogP contribution in [0.15, 0.2) is 48.8 Å². The largest absolute Gasteiger partial charge is 0.491 e. The fourth-order valence-corrected chi connectivity index (χ4v) is 3.33. The number of nitrogens with zero attached hydrogens (tertiary/aromatic N) is 3. The molecule has 0 bridgehead atoms. The number of hydrogen-bond donors (Lipinski definition) is 1. The van der Waals surface area contributed by atoms with Gasteiger partial charge < -0.3 is 19.3 Å². The van der Waals surface area contributed by atoms with E-state index >= 15 is 0 Å². The smallest absolute Gasteiger partial charge is 0.323 e. The van der Waals surface area contributed by atoms with E-state index < -0.39 is 12.5 Å². The number of rotatable bonds is 8. The summed E-state index contributed by atoms with van der Waals surface area (Å²) in [7, 11) is 0. The minimum absolute atomic E-state index is 0.0226. The summed E-state index contributed by atoms with van der Waals surface area (Å²) in [4.78, 5) is 30.2. The lowest BCUT2D eigenvalue weighted by Crippen LogP contribution is -2.35. The van der Waals surface area contributed by atoms with Crippen molar-refractivity contribution >= 4 is 22.9 Å². The fraction of sp³-hybridized carbons (Fsp3) is 0.348. The number of hydrogen-bond acceptors (Lipinski definition) is 4. The standard InChI is InChI=1S/C23H27N3O4/c1-15(2)26-14-24-20-11-18(8-9-21(20)26)23(29)25(13-22(27)28)12-17-6-5-7-19(10-17)30-16(3)4/h5-11,14-16H,12-13H2,1-4H3,(H,27,28). The zero-order chi connectivity index (χ0) is 21.8. The number of carbonyl (C=O) groups excluding carboxylic acids is 1. The van der Waals surface area contributed by atoms with Gasteiger partial charge in [-0.05, 0) is 63.6 Å². The van der Waals surface area contributed by atoms with Gasteiger partial charge in [-0.1, -0.05) is 12.1 Å². The van der Waals surface area contributed by atoms with Crippen molar-refractivity contribution in [3.63, 3.8) is 0 Å². The molecule has 2 aromatic carbocycles. The Labute approximate surface area is 175 Å². The van der Waals surface area contributed by atoms with E-state index in [0.717, 1.165) is 11.1 Å². The van der Waals surface area contributed by atoms with Gasteiger partial charge in [0.15, 0.2) is 0 Å². The molecular weight excluding hydrogens is 382 g/mol. The third-order valence-corrected chi connectivity index (χ3v) is 4.64. The van der Waals surface area contributed by atoms with E-state index in [2.05, 4.69) is 18.8 Å². The quantitative estimate of drug-likeness (QED) is 0.605. The van der Waals surface area contributed by atoms with Gasteiger partial charge in [0.25, 0.3) is 5.91 Å². The highest BCUT2D eigenvalue weighted by molar-refractivity contribution is 5.98. The fourth-order valence-electron chi connectivity index (χ4n) is 3.33. The third-order valence-electron chi connectivity index (χ3n) is 4.64. The van der Waals surface area contributed by atoms with Crippen molar-refractivity contribution in [3.8, 4) is 5.75 Å². The Morgan fingerprint density at radius 1 is 1.13 bits per heavy atom. The Bertz CT molecular complexity index is 1060. The van der Waals surface area contributed by atoms with Crippen molar-refractivity contribution in [1.82, 2.24) is 14.5 Å². The Balaban J connectivity index is 1.87. The van der Waals surface area contributed by atoms with Crippen molar-refractivity contribution in [2.75, 3.05) is 6.54 Å². The van der Waals surface area contributed by atoms with Gasteiger partial charge in [-0.2, -0.15) is 0 Å². The molecule has 7 nitrogen and oxygen atoms in total. The van der Waals surface area contributed by atoms with Crippen LogP contribution in [-0.2, 0) is 11.3 Å². The molecule has 0 unspecified atom stereocenters. The molecule has 0 fully saturated rings. The average Bonchev–Trinajstić information content (AvgIpc) is 3.10. The highest BCUT2D eigenvalue weighted by Gasteiger charge is 2.20. The van der Waals surface area contributed by atoms with Crippen LogP contribution in [0.1, 0.15) is 49.7 Å². The van der Waals surface area contributed by atoms with Crippen LogP contribution in [0.2, 0.25) is 0 Å². The number of ether oxygens (including phenoxy) is 1. The van der Waals surface area contributed by atoms with Gasteiger partial charge in [0.2, 0.25) is 0 Å². The van der Waals surface area contributed by atoms with Crippen LogP contribution in [0.4, 0.5) is 0 Å². The topological polar surface area (TPSA) is 84.7 Å². The number of aliphatic carboxylic acids is 1. The molecule has 1 aromatic heterocycles. The SMILES string of the molecule is CC(C)Oc1cccc(CN(CC(=O)O)C(=O)c2ccc3c(c2)ncn3C(C)C)c1. The van der Waals surface area contributed by atoms with Crippen LogP contribution in [0.25, 0.3) is 11.0 Å². The normalized spacial score (nSPS) is 11.3. The van der Waals surface area contributed by atoms with Gasteiger partial charge >= 0.3 is 5.97 Å². The number of imidazole rings is 1. The Morgan fingerprint density at radius 2 is 1.90 bits per heavy atom. The Hall–Kier alpha value is -3.35. The molecule has 0 spiro atoms. The first kappa shape index (κ1) is 21.4. The number of carboxylic acid groups (broad SMARTS) is 1. The molecule has 1 amide bonds. The minimum atomic E-state index is -1.07. The van der Waals surface area contributed by atoms with Gasteiger partial charge in [0.1, 0.15) is 12.3 Å². The van der Waals surface area contributed by atoms with Crippen LogP contribution in [-0.4, -0.2) is 44.1 Å². The summed E-state index contributed by atoms with van der Waals surface area (Å²) in [5.74, 6) is -0.734. The predicted octanol–water partition coefficient (Wildman–Crippen LogP) is 4.13. The van der Waals surface area contributed by atoms with Gasteiger partial charge in [-0.25, -0.2) is 4.98 Å². The van der Waals surface area contributed by atoms with E-state index in [1.54, 1.807) is 18.5 Å². The molecule has 3 aromatic rings. The summed E-state index contributed by atoms with van der Waals surface area (Å²) in [6.07, 6.45) is 1.77. The summed E-state index contributed by atoms with van der Waals surface area (Å²) < 4.78 is 7.73. The molecule has 0 aliphatic heterocycles. The first-order valence-corrected chi connectivity index (χ1v) is 9.98. The van der Waals surface area contributed by atoms with Crippen LogP contribution < -0.4 is 4.74 Å². The molecule has 7 heteroatoms. The van der Waals surface area contributed by atoms with Crippen LogP contribution in [0.5, 0.6) is 5.75 Å². The second kappa shape index (κ2) is 8.98. The molecular formula is C23H27N3O4. The molecule has 0 aliphatic carbocycles. The third kappa shape index (κ3) is 4.97. The molecule has 1 heterocycles. The number of carbonyl (C=O) groups is 2. The van der Waals surface area contributed by atoms with E-state index in [4.69, 9.17) is 4.74 Å². The van der Waals surface area contributed by atoms with Crippen LogP contribution in [0, 0.1) is 0 Å². The lowest BCUT2D eigenvalue weighted by molar-refractivity contribution is -0.137. The van der Waals surface area contributed by atoms with E-state index in [1.165, 1.54) is 4.90 Å². The Kier molecular flexibility index (Phi) is 6.40. The monoisotopic (exact) mass is 409 g/mol. The number of fused-ring (bicyclic) bond motifs is 1. The zero-order valence-corrected chi connectivity index (χ0v) is 17.7. The van der Waals surface area contributed by atoms with Crippen molar-refractivity contribution in [2.45, 2.75) is 46.4 Å². The van der Waals surface area contributed by atoms with Gasteiger partial charge in [0.05, 0.1) is 23.5 Å². The summed E-state index contributed by atoms with van der Waals surface area (Å²) in [5, 5.41) is 9.33. The first-order chi connectivity index (χ1) is 14.2. The summed E-state index contributed by atoms with van der Waals surface area (Å²) in [6.45, 7) is 7.76. The molecule has 0 saturated heterocycles. The lowest BCUT2D eigenvalue weighted by atomic mass is 10.1.